The van der Waals surface area contributed by atoms with Crippen LogP contribution < -0.4 is 10.6 Å². The van der Waals surface area contributed by atoms with Crippen LogP contribution in [0.25, 0.3) is 0 Å². The first-order chi connectivity index (χ1) is 8.63. The highest BCUT2D eigenvalue weighted by Crippen LogP contribution is 2.28. The van der Waals surface area contributed by atoms with Crippen LogP contribution in [0, 0.1) is 5.92 Å². The summed E-state index contributed by atoms with van der Waals surface area (Å²) >= 11 is 0. The highest BCUT2D eigenvalue weighted by molar-refractivity contribution is 5.58. The summed E-state index contributed by atoms with van der Waals surface area (Å²) in [7, 11) is 2.17. The fourth-order valence-electron chi connectivity index (χ4n) is 3.20. The van der Waals surface area contributed by atoms with Gasteiger partial charge >= 0.3 is 0 Å². The van der Waals surface area contributed by atoms with Gasteiger partial charge in [-0.15, -0.1) is 0 Å². The zero-order chi connectivity index (χ0) is 12.7. The quantitative estimate of drug-likeness (QED) is 0.856. The molecule has 0 saturated carbocycles. The van der Waals surface area contributed by atoms with E-state index in [1.807, 2.05) is 0 Å². The summed E-state index contributed by atoms with van der Waals surface area (Å²) in [4.78, 5) is 4.82. The maximum absolute atomic E-state index is 6.08. The van der Waals surface area contributed by atoms with Crippen molar-refractivity contribution in [3.8, 4) is 0 Å². The maximum Gasteiger partial charge on any atom is 0.0397 e. The third kappa shape index (κ3) is 2.13. The van der Waals surface area contributed by atoms with Gasteiger partial charge in [-0.2, -0.15) is 0 Å². The molecule has 1 fully saturated rings. The zero-order valence-corrected chi connectivity index (χ0v) is 11.4. The molecule has 2 atom stereocenters. The maximum atomic E-state index is 6.08. The molecule has 2 aliphatic rings. The van der Waals surface area contributed by atoms with E-state index in [0.29, 0.717) is 12.0 Å². The molecule has 3 rings (SSSR count). The topological polar surface area (TPSA) is 32.5 Å². The van der Waals surface area contributed by atoms with Crippen LogP contribution in [0.4, 0.5) is 5.69 Å². The van der Waals surface area contributed by atoms with Gasteiger partial charge in [0.15, 0.2) is 0 Å². The minimum atomic E-state index is 0.352. The summed E-state index contributed by atoms with van der Waals surface area (Å²) in [6, 6.07) is 7.28. The minimum Gasteiger partial charge on any atom is -0.374 e. The van der Waals surface area contributed by atoms with E-state index < -0.39 is 0 Å². The van der Waals surface area contributed by atoms with Crippen LogP contribution in [0.5, 0.6) is 0 Å². The summed E-state index contributed by atoms with van der Waals surface area (Å²) in [5.41, 5.74) is 10.4. The molecule has 18 heavy (non-hydrogen) atoms. The van der Waals surface area contributed by atoms with Gasteiger partial charge in [-0.25, -0.2) is 0 Å². The molecule has 2 unspecified atom stereocenters. The van der Waals surface area contributed by atoms with Crippen molar-refractivity contribution in [3.63, 3.8) is 0 Å². The van der Waals surface area contributed by atoms with E-state index in [4.69, 9.17) is 5.73 Å². The van der Waals surface area contributed by atoms with Crippen LogP contribution in [0.15, 0.2) is 18.2 Å². The van der Waals surface area contributed by atoms with Crippen LogP contribution in [-0.2, 0) is 13.0 Å². The van der Waals surface area contributed by atoms with Crippen LogP contribution in [-0.4, -0.2) is 37.6 Å². The number of nitrogens with zero attached hydrogens (tertiary/aromatic N) is 2. The van der Waals surface area contributed by atoms with Gasteiger partial charge in [0, 0.05) is 45.0 Å². The second kappa shape index (κ2) is 4.56. The Kier molecular flexibility index (Phi) is 3.04. The zero-order valence-electron chi connectivity index (χ0n) is 11.4. The molecule has 2 aliphatic heterocycles. The lowest BCUT2D eigenvalue weighted by Crippen LogP contribution is -2.28. The van der Waals surface area contributed by atoms with Crippen molar-refractivity contribution < 1.29 is 0 Å². The molecule has 3 heteroatoms. The predicted octanol–water partition coefficient (Wildman–Crippen LogP) is 1.46. The van der Waals surface area contributed by atoms with Crippen molar-refractivity contribution in [1.29, 1.82) is 0 Å². The highest BCUT2D eigenvalue weighted by Gasteiger charge is 2.26. The van der Waals surface area contributed by atoms with Crippen LogP contribution in [0.2, 0.25) is 0 Å². The average Bonchev–Trinajstić information content (AvgIpc) is 2.84. The number of benzene rings is 1. The monoisotopic (exact) mass is 245 g/mol. The third-order valence-electron chi connectivity index (χ3n) is 4.42. The minimum absolute atomic E-state index is 0.352. The number of likely N-dealkylation sites (N-methyl/N-ethyl adjacent to an activating group) is 1. The van der Waals surface area contributed by atoms with Crippen molar-refractivity contribution in [2.24, 2.45) is 11.7 Å². The van der Waals surface area contributed by atoms with Crippen LogP contribution in [0.3, 0.4) is 0 Å². The molecule has 2 heterocycles. The Morgan fingerprint density at radius 3 is 2.89 bits per heavy atom. The number of hydrogen-bond acceptors (Lipinski definition) is 3. The largest absolute Gasteiger partial charge is 0.374 e. The Bertz CT molecular complexity index is 433. The van der Waals surface area contributed by atoms with Gasteiger partial charge in [0.2, 0.25) is 0 Å². The number of hydrogen-bond donors (Lipinski definition) is 1. The first kappa shape index (κ1) is 12.0. The molecule has 0 aliphatic carbocycles. The Morgan fingerprint density at radius 2 is 2.17 bits per heavy atom. The molecule has 0 aromatic heterocycles. The fourth-order valence-corrected chi connectivity index (χ4v) is 3.20. The Balaban J connectivity index is 1.71. The number of fused-ring (bicyclic) bond motifs is 1. The van der Waals surface area contributed by atoms with Gasteiger partial charge in [0.05, 0.1) is 0 Å². The van der Waals surface area contributed by atoms with E-state index in [1.54, 1.807) is 0 Å². The lowest BCUT2D eigenvalue weighted by Gasteiger charge is -2.17. The first-order valence-corrected chi connectivity index (χ1v) is 6.94. The standard InChI is InChI=1S/C15H23N3/c1-11-8-18(10-14(11)16)9-12-3-4-15-13(7-12)5-6-17(15)2/h3-4,7,11,14H,5-6,8-10,16H2,1-2H3. The molecule has 1 aromatic rings. The SMILES string of the molecule is CC1CN(Cc2ccc3c(c2)CCN3C)CC1N. The van der Waals surface area contributed by atoms with Gasteiger partial charge < -0.3 is 10.6 Å². The van der Waals surface area contributed by atoms with Gasteiger partial charge in [-0.1, -0.05) is 19.1 Å². The fraction of sp³-hybridized carbons (Fsp3) is 0.600. The summed E-state index contributed by atoms with van der Waals surface area (Å²) in [6.45, 7) is 6.64. The Hall–Kier alpha value is -1.06. The second-order valence-corrected chi connectivity index (χ2v) is 5.97. The van der Waals surface area contributed by atoms with E-state index in [-0.39, 0.29) is 0 Å². The van der Waals surface area contributed by atoms with Crippen molar-refractivity contribution in [1.82, 2.24) is 4.90 Å². The van der Waals surface area contributed by atoms with E-state index in [9.17, 15) is 0 Å². The lowest BCUT2D eigenvalue weighted by molar-refractivity contribution is 0.319. The summed E-state index contributed by atoms with van der Waals surface area (Å²) in [5, 5.41) is 0. The van der Waals surface area contributed by atoms with Gasteiger partial charge in [0.25, 0.3) is 0 Å². The Morgan fingerprint density at radius 1 is 1.33 bits per heavy atom. The van der Waals surface area contributed by atoms with E-state index in [1.165, 1.54) is 23.2 Å². The van der Waals surface area contributed by atoms with E-state index in [2.05, 4.69) is 42.0 Å². The van der Waals surface area contributed by atoms with Gasteiger partial charge in [0.1, 0.15) is 0 Å². The number of rotatable bonds is 2. The van der Waals surface area contributed by atoms with Crippen LogP contribution >= 0.6 is 0 Å². The van der Waals surface area contributed by atoms with Gasteiger partial charge in [-0.3, -0.25) is 4.90 Å². The highest BCUT2D eigenvalue weighted by atomic mass is 15.2. The molecule has 2 N–H and O–H groups in total. The molecule has 0 bridgehead atoms. The number of nitrogens with two attached hydrogens (primary N) is 1. The third-order valence-corrected chi connectivity index (χ3v) is 4.42. The molecule has 0 spiro atoms. The summed E-state index contributed by atoms with van der Waals surface area (Å²) in [5.74, 6) is 0.630. The molecule has 98 valence electrons. The average molecular weight is 245 g/mol. The van der Waals surface area contributed by atoms with Crippen molar-refractivity contribution >= 4 is 5.69 Å². The normalized spacial score (nSPS) is 27.8. The lowest BCUT2D eigenvalue weighted by atomic mass is 10.1. The Labute approximate surface area is 110 Å². The molecule has 0 radical (unpaired) electrons. The molecular weight excluding hydrogens is 222 g/mol. The molecule has 0 amide bonds. The summed E-state index contributed by atoms with van der Waals surface area (Å²) in [6.07, 6.45) is 1.19. The smallest absolute Gasteiger partial charge is 0.0397 e. The molecule has 1 saturated heterocycles. The van der Waals surface area contributed by atoms with Gasteiger partial charge in [-0.05, 0) is 29.5 Å². The van der Waals surface area contributed by atoms with Crippen molar-refractivity contribution in [3.05, 3.63) is 29.3 Å². The molecule has 3 nitrogen and oxygen atoms in total. The van der Waals surface area contributed by atoms with E-state index >= 15 is 0 Å². The number of anilines is 1. The molecular formula is C15H23N3. The predicted molar refractivity (Wildman–Crippen MR) is 75.8 cm³/mol. The van der Waals surface area contributed by atoms with Crippen LogP contribution in [0.1, 0.15) is 18.1 Å². The first-order valence-electron chi connectivity index (χ1n) is 6.94. The van der Waals surface area contributed by atoms with E-state index in [0.717, 1.165) is 26.2 Å². The summed E-state index contributed by atoms with van der Waals surface area (Å²) < 4.78 is 0. The van der Waals surface area contributed by atoms with Crippen molar-refractivity contribution in [2.45, 2.75) is 25.9 Å². The second-order valence-electron chi connectivity index (χ2n) is 5.97. The number of likely N-dealkylation sites (tertiary alicyclic amines) is 1. The van der Waals surface area contributed by atoms with Crippen molar-refractivity contribution in [2.75, 3.05) is 31.6 Å². The molecule has 1 aromatic carbocycles.